The quantitative estimate of drug-likeness (QED) is 0.684. The molecule has 4 heteroatoms. The standard InChI is InChI=1S/C16H25NO3/c1-3-9-16(20,10-4-2)12-17-15(19)11-13-7-5-6-8-14(13)18/h5-8,18,20H,3-4,9-12H2,1-2H3,(H,17,19). The van der Waals surface area contributed by atoms with Crippen LogP contribution in [0, 0.1) is 0 Å². The van der Waals surface area contributed by atoms with Gasteiger partial charge in [0.15, 0.2) is 0 Å². The Morgan fingerprint density at radius 1 is 1.20 bits per heavy atom. The summed E-state index contributed by atoms with van der Waals surface area (Å²) in [6.45, 7) is 4.30. The van der Waals surface area contributed by atoms with Crippen LogP contribution in [0.4, 0.5) is 0 Å². The summed E-state index contributed by atoms with van der Waals surface area (Å²) in [6.07, 6.45) is 3.24. The SMILES string of the molecule is CCCC(O)(CCC)CNC(=O)Cc1ccccc1O. The molecule has 0 radical (unpaired) electrons. The zero-order chi connectivity index (χ0) is 15.0. The summed E-state index contributed by atoms with van der Waals surface area (Å²) in [6, 6.07) is 6.79. The third-order valence-electron chi connectivity index (χ3n) is 3.39. The number of nitrogens with one attached hydrogen (secondary N) is 1. The minimum Gasteiger partial charge on any atom is -0.508 e. The van der Waals surface area contributed by atoms with Gasteiger partial charge in [0.05, 0.1) is 12.0 Å². The number of benzene rings is 1. The lowest BCUT2D eigenvalue weighted by Crippen LogP contribution is -2.43. The summed E-state index contributed by atoms with van der Waals surface area (Å²) >= 11 is 0. The fourth-order valence-corrected chi connectivity index (χ4v) is 2.39. The van der Waals surface area contributed by atoms with Crippen molar-refractivity contribution in [3.8, 4) is 5.75 Å². The van der Waals surface area contributed by atoms with E-state index in [-0.39, 0.29) is 24.6 Å². The van der Waals surface area contributed by atoms with E-state index in [9.17, 15) is 15.0 Å². The lowest BCUT2D eigenvalue weighted by Gasteiger charge is -2.27. The molecule has 1 rings (SSSR count). The molecule has 3 N–H and O–H groups in total. The fourth-order valence-electron chi connectivity index (χ4n) is 2.39. The molecule has 112 valence electrons. The largest absolute Gasteiger partial charge is 0.508 e. The lowest BCUT2D eigenvalue weighted by atomic mass is 9.92. The van der Waals surface area contributed by atoms with E-state index in [4.69, 9.17) is 0 Å². The summed E-state index contributed by atoms with van der Waals surface area (Å²) in [7, 11) is 0. The van der Waals surface area contributed by atoms with Gasteiger partial charge in [-0.05, 0) is 18.9 Å². The van der Waals surface area contributed by atoms with Crippen molar-refractivity contribution in [3.05, 3.63) is 29.8 Å². The molecule has 0 saturated carbocycles. The van der Waals surface area contributed by atoms with Gasteiger partial charge >= 0.3 is 0 Å². The van der Waals surface area contributed by atoms with Crippen LogP contribution in [-0.2, 0) is 11.2 Å². The van der Waals surface area contributed by atoms with Gasteiger partial charge in [0.1, 0.15) is 5.75 Å². The van der Waals surface area contributed by atoms with Gasteiger partial charge in [0.2, 0.25) is 5.91 Å². The maximum atomic E-state index is 11.9. The van der Waals surface area contributed by atoms with Gasteiger partial charge < -0.3 is 15.5 Å². The number of amides is 1. The van der Waals surface area contributed by atoms with Crippen LogP contribution in [0.25, 0.3) is 0 Å². The first-order chi connectivity index (χ1) is 9.50. The van der Waals surface area contributed by atoms with Crippen molar-refractivity contribution in [2.45, 2.75) is 51.6 Å². The molecule has 0 bridgehead atoms. The predicted octanol–water partition coefficient (Wildman–Crippen LogP) is 2.38. The highest BCUT2D eigenvalue weighted by Crippen LogP contribution is 2.19. The van der Waals surface area contributed by atoms with Crippen molar-refractivity contribution in [3.63, 3.8) is 0 Å². The maximum absolute atomic E-state index is 11.9. The van der Waals surface area contributed by atoms with Crippen molar-refractivity contribution in [2.75, 3.05) is 6.54 Å². The van der Waals surface area contributed by atoms with Crippen LogP contribution < -0.4 is 5.32 Å². The van der Waals surface area contributed by atoms with E-state index >= 15 is 0 Å². The molecule has 20 heavy (non-hydrogen) atoms. The number of carbonyl (C=O) groups excluding carboxylic acids is 1. The van der Waals surface area contributed by atoms with Gasteiger partial charge in [0.25, 0.3) is 0 Å². The number of aliphatic hydroxyl groups is 1. The predicted molar refractivity (Wildman–Crippen MR) is 79.6 cm³/mol. The number of phenolic OH excluding ortho intramolecular Hbond substituents is 1. The van der Waals surface area contributed by atoms with Gasteiger partial charge in [0, 0.05) is 12.1 Å². The monoisotopic (exact) mass is 279 g/mol. The topological polar surface area (TPSA) is 69.6 Å². The smallest absolute Gasteiger partial charge is 0.224 e. The molecule has 0 spiro atoms. The minimum atomic E-state index is -0.822. The van der Waals surface area contributed by atoms with E-state index in [2.05, 4.69) is 5.32 Å². The Labute approximate surface area is 120 Å². The first-order valence-electron chi connectivity index (χ1n) is 7.26. The van der Waals surface area contributed by atoms with Crippen LogP contribution in [0.3, 0.4) is 0 Å². The second-order valence-electron chi connectivity index (χ2n) is 5.31. The van der Waals surface area contributed by atoms with E-state index < -0.39 is 5.60 Å². The molecule has 0 atom stereocenters. The van der Waals surface area contributed by atoms with Crippen LogP contribution in [0.1, 0.15) is 45.1 Å². The van der Waals surface area contributed by atoms with Crippen LogP contribution in [0.2, 0.25) is 0 Å². The molecule has 1 amide bonds. The number of phenols is 1. The molecular weight excluding hydrogens is 254 g/mol. The van der Waals surface area contributed by atoms with E-state index in [1.54, 1.807) is 24.3 Å². The average Bonchev–Trinajstić information content (AvgIpc) is 2.40. The van der Waals surface area contributed by atoms with Gasteiger partial charge in [-0.1, -0.05) is 44.9 Å². The average molecular weight is 279 g/mol. The van der Waals surface area contributed by atoms with Crippen LogP contribution in [-0.4, -0.2) is 28.3 Å². The highest BCUT2D eigenvalue weighted by Gasteiger charge is 2.25. The molecule has 0 fully saturated rings. The highest BCUT2D eigenvalue weighted by atomic mass is 16.3. The van der Waals surface area contributed by atoms with Gasteiger partial charge in [-0.2, -0.15) is 0 Å². The molecule has 0 aliphatic carbocycles. The van der Waals surface area contributed by atoms with Crippen molar-refractivity contribution in [1.82, 2.24) is 5.32 Å². The molecular formula is C16H25NO3. The van der Waals surface area contributed by atoms with Crippen molar-refractivity contribution >= 4 is 5.91 Å². The lowest BCUT2D eigenvalue weighted by molar-refractivity contribution is -0.121. The molecule has 0 saturated heterocycles. The zero-order valence-corrected chi connectivity index (χ0v) is 12.4. The Bertz CT molecular complexity index is 425. The molecule has 0 heterocycles. The molecule has 0 aliphatic rings. The van der Waals surface area contributed by atoms with Crippen LogP contribution in [0.5, 0.6) is 5.75 Å². The zero-order valence-electron chi connectivity index (χ0n) is 12.4. The third kappa shape index (κ3) is 5.21. The Hall–Kier alpha value is -1.55. The molecule has 0 aliphatic heterocycles. The molecule has 0 unspecified atom stereocenters. The summed E-state index contributed by atoms with van der Waals surface area (Å²) in [5.41, 5.74) is -0.225. The van der Waals surface area contributed by atoms with E-state index in [1.165, 1.54) is 0 Å². The number of hydrogen-bond donors (Lipinski definition) is 3. The normalized spacial score (nSPS) is 11.3. The fraction of sp³-hybridized carbons (Fsp3) is 0.562. The van der Waals surface area contributed by atoms with Gasteiger partial charge in [-0.3, -0.25) is 4.79 Å². The Morgan fingerprint density at radius 2 is 1.80 bits per heavy atom. The second kappa shape index (κ2) is 7.90. The number of hydrogen-bond acceptors (Lipinski definition) is 3. The third-order valence-corrected chi connectivity index (χ3v) is 3.39. The summed E-state index contributed by atoms with van der Waals surface area (Å²) in [5, 5.41) is 22.8. The van der Waals surface area contributed by atoms with E-state index in [0.717, 1.165) is 12.8 Å². The molecule has 0 aromatic heterocycles. The van der Waals surface area contributed by atoms with Gasteiger partial charge in [-0.25, -0.2) is 0 Å². The van der Waals surface area contributed by atoms with Crippen molar-refractivity contribution < 1.29 is 15.0 Å². The Balaban J connectivity index is 2.52. The molecule has 1 aromatic rings. The number of para-hydroxylation sites is 1. The summed E-state index contributed by atoms with van der Waals surface area (Å²) in [5.74, 6) is -0.0582. The number of carbonyl (C=O) groups is 1. The van der Waals surface area contributed by atoms with Crippen molar-refractivity contribution in [1.29, 1.82) is 0 Å². The van der Waals surface area contributed by atoms with Crippen molar-refractivity contribution in [2.24, 2.45) is 0 Å². The molecule has 1 aromatic carbocycles. The summed E-state index contributed by atoms with van der Waals surface area (Å²) < 4.78 is 0. The first kappa shape index (κ1) is 16.5. The van der Waals surface area contributed by atoms with E-state index in [0.29, 0.717) is 18.4 Å². The number of aromatic hydroxyl groups is 1. The van der Waals surface area contributed by atoms with Crippen LogP contribution in [0.15, 0.2) is 24.3 Å². The Kier molecular flexibility index (Phi) is 6.52. The van der Waals surface area contributed by atoms with Gasteiger partial charge in [-0.15, -0.1) is 0 Å². The van der Waals surface area contributed by atoms with E-state index in [1.807, 2.05) is 13.8 Å². The minimum absolute atomic E-state index is 0.125. The highest BCUT2D eigenvalue weighted by molar-refractivity contribution is 5.79. The maximum Gasteiger partial charge on any atom is 0.224 e. The van der Waals surface area contributed by atoms with Crippen LogP contribution >= 0.6 is 0 Å². The first-order valence-corrected chi connectivity index (χ1v) is 7.26. The summed E-state index contributed by atoms with van der Waals surface area (Å²) in [4.78, 5) is 11.9. The Morgan fingerprint density at radius 3 is 2.35 bits per heavy atom. The number of rotatable bonds is 8. The second-order valence-corrected chi connectivity index (χ2v) is 5.31. The molecule has 4 nitrogen and oxygen atoms in total.